The quantitative estimate of drug-likeness (QED) is 0.897. The van der Waals surface area contributed by atoms with Gasteiger partial charge in [-0.05, 0) is 30.3 Å². The normalized spacial score (nSPS) is 11.0. The average Bonchev–Trinajstić information content (AvgIpc) is 2.46. The number of benzene rings is 2. The van der Waals surface area contributed by atoms with Gasteiger partial charge in [-0.15, -0.1) is 0 Å². The molecule has 8 heteroatoms. The van der Waals surface area contributed by atoms with Gasteiger partial charge < -0.3 is 5.32 Å². The molecule has 2 aromatic carbocycles. The van der Waals surface area contributed by atoms with Crippen LogP contribution in [0.3, 0.4) is 0 Å². The Morgan fingerprint density at radius 3 is 2.50 bits per heavy atom. The Hall–Kier alpha value is -2.12. The van der Waals surface area contributed by atoms with Gasteiger partial charge in [-0.25, -0.2) is 12.8 Å². The topological polar surface area (TPSA) is 75.3 Å². The van der Waals surface area contributed by atoms with E-state index in [1.54, 1.807) is 12.1 Å². The van der Waals surface area contributed by atoms with E-state index >= 15 is 0 Å². The molecule has 0 bridgehead atoms. The number of hydrogen-bond acceptors (Lipinski definition) is 3. The fraction of sp³-hybridized carbons (Fsp3) is 0.0714. The van der Waals surface area contributed by atoms with Crippen molar-refractivity contribution in [3.05, 3.63) is 58.9 Å². The summed E-state index contributed by atoms with van der Waals surface area (Å²) in [7, 11) is -2.62. The van der Waals surface area contributed by atoms with Crippen LogP contribution in [0.5, 0.6) is 0 Å². The molecular formula is C14H12ClFN2O3S. The molecule has 0 radical (unpaired) electrons. The average molecular weight is 343 g/mol. The maximum atomic E-state index is 13.0. The summed E-state index contributed by atoms with van der Waals surface area (Å²) in [5.74, 6) is -1.08. The summed E-state index contributed by atoms with van der Waals surface area (Å²) in [6.45, 7) is 0. The molecule has 0 heterocycles. The maximum absolute atomic E-state index is 13.0. The molecule has 0 fully saturated rings. The molecule has 0 atom stereocenters. The first-order valence-corrected chi connectivity index (χ1v) is 8.00. The molecule has 0 aromatic heterocycles. The van der Waals surface area contributed by atoms with E-state index in [4.69, 9.17) is 11.6 Å². The van der Waals surface area contributed by atoms with Crippen LogP contribution in [0, 0.1) is 5.82 Å². The minimum atomic E-state index is -4.05. The molecule has 0 saturated heterocycles. The predicted molar refractivity (Wildman–Crippen MR) is 82.1 cm³/mol. The van der Waals surface area contributed by atoms with Crippen molar-refractivity contribution >= 4 is 33.2 Å². The van der Waals surface area contributed by atoms with E-state index < -0.39 is 21.7 Å². The molecule has 2 N–H and O–H groups in total. The van der Waals surface area contributed by atoms with Gasteiger partial charge in [0.1, 0.15) is 10.7 Å². The van der Waals surface area contributed by atoms with Gasteiger partial charge in [0, 0.05) is 7.05 Å². The molecule has 0 saturated carbocycles. The van der Waals surface area contributed by atoms with Crippen molar-refractivity contribution in [2.75, 3.05) is 11.8 Å². The zero-order chi connectivity index (χ0) is 16.3. The van der Waals surface area contributed by atoms with Crippen LogP contribution in [0.4, 0.5) is 10.1 Å². The van der Waals surface area contributed by atoms with E-state index in [1.165, 1.54) is 19.2 Å². The molecule has 0 aliphatic heterocycles. The van der Waals surface area contributed by atoms with Crippen LogP contribution in [0.2, 0.25) is 5.02 Å². The number of amides is 1. The Morgan fingerprint density at radius 2 is 1.86 bits per heavy atom. The molecule has 2 aromatic rings. The van der Waals surface area contributed by atoms with E-state index in [1.807, 2.05) is 0 Å². The van der Waals surface area contributed by atoms with Crippen molar-refractivity contribution in [1.29, 1.82) is 0 Å². The van der Waals surface area contributed by atoms with E-state index in [-0.39, 0.29) is 21.2 Å². The van der Waals surface area contributed by atoms with Crippen LogP contribution in [-0.2, 0) is 10.0 Å². The lowest BCUT2D eigenvalue weighted by Gasteiger charge is -2.12. The highest BCUT2D eigenvalue weighted by molar-refractivity contribution is 7.92. The minimum Gasteiger partial charge on any atom is -0.355 e. The molecular weight excluding hydrogens is 331 g/mol. The minimum absolute atomic E-state index is 0.0993. The van der Waals surface area contributed by atoms with Gasteiger partial charge in [0.2, 0.25) is 0 Å². The monoisotopic (exact) mass is 342 g/mol. The van der Waals surface area contributed by atoms with Crippen LogP contribution in [0.1, 0.15) is 10.4 Å². The predicted octanol–water partition coefficient (Wildman–Crippen LogP) is 2.64. The van der Waals surface area contributed by atoms with E-state index in [0.29, 0.717) is 0 Å². The second-order valence-corrected chi connectivity index (χ2v) is 6.36. The van der Waals surface area contributed by atoms with Gasteiger partial charge in [0.25, 0.3) is 15.9 Å². The highest BCUT2D eigenvalue weighted by Crippen LogP contribution is 2.25. The summed E-state index contributed by atoms with van der Waals surface area (Å²) in [4.78, 5) is 11.5. The van der Waals surface area contributed by atoms with Crippen LogP contribution in [-0.4, -0.2) is 21.4 Å². The van der Waals surface area contributed by atoms with Crippen molar-refractivity contribution < 1.29 is 17.6 Å². The summed E-state index contributed by atoms with van der Waals surface area (Å²) in [6.07, 6.45) is 0. The van der Waals surface area contributed by atoms with Crippen LogP contribution >= 0.6 is 11.6 Å². The number of rotatable bonds is 4. The number of nitrogens with one attached hydrogen (secondary N) is 2. The summed E-state index contributed by atoms with van der Waals surface area (Å²) < 4.78 is 40.0. The first-order valence-electron chi connectivity index (χ1n) is 6.14. The number of para-hydroxylation sites is 1. The Bertz CT molecular complexity index is 825. The first-order chi connectivity index (χ1) is 10.3. The Kier molecular flexibility index (Phi) is 4.68. The largest absolute Gasteiger partial charge is 0.355 e. The number of carbonyl (C=O) groups excluding carboxylic acids is 1. The molecule has 0 aliphatic rings. The van der Waals surface area contributed by atoms with Gasteiger partial charge >= 0.3 is 0 Å². The van der Waals surface area contributed by atoms with Crippen molar-refractivity contribution in [3.63, 3.8) is 0 Å². The SMILES string of the molecule is CNC(=O)c1ccccc1NS(=O)(=O)c1ccc(F)cc1Cl. The van der Waals surface area contributed by atoms with Gasteiger partial charge in [0.05, 0.1) is 16.3 Å². The van der Waals surface area contributed by atoms with Crippen molar-refractivity contribution in [2.45, 2.75) is 4.90 Å². The van der Waals surface area contributed by atoms with Crippen molar-refractivity contribution in [3.8, 4) is 0 Å². The number of hydrogen-bond donors (Lipinski definition) is 2. The Balaban J connectivity index is 2.44. The standard InChI is InChI=1S/C14H12ClFN2O3S/c1-17-14(19)10-4-2-3-5-12(10)18-22(20,21)13-7-6-9(16)8-11(13)15/h2-8,18H,1H3,(H,17,19). The van der Waals surface area contributed by atoms with Crippen LogP contribution in [0.15, 0.2) is 47.4 Å². The molecule has 116 valence electrons. The summed E-state index contributed by atoms with van der Waals surface area (Å²) in [5.41, 5.74) is 0.258. The second kappa shape index (κ2) is 6.33. The third kappa shape index (κ3) is 3.37. The van der Waals surface area contributed by atoms with Gasteiger partial charge in [-0.3, -0.25) is 9.52 Å². The third-order valence-corrected chi connectivity index (χ3v) is 4.67. The van der Waals surface area contributed by atoms with Gasteiger partial charge in [0.15, 0.2) is 0 Å². The smallest absolute Gasteiger partial charge is 0.263 e. The van der Waals surface area contributed by atoms with Crippen LogP contribution < -0.4 is 10.0 Å². The highest BCUT2D eigenvalue weighted by Gasteiger charge is 2.21. The third-order valence-electron chi connectivity index (χ3n) is 2.83. The summed E-state index contributed by atoms with van der Waals surface area (Å²) >= 11 is 5.77. The fourth-order valence-electron chi connectivity index (χ4n) is 1.80. The second-order valence-electron chi connectivity index (χ2n) is 4.30. The van der Waals surface area contributed by atoms with E-state index in [0.717, 1.165) is 18.2 Å². The van der Waals surface area contributed by atoms with Gasteiger partial charge in [-0.1, -0.05) is 23.7 Å². The number of sulfonamides is 1. The lowest BCUT2D eigenvalue weighted by molar-refractivity contribution is 0.0964. The Morgan fingerprint density at radius 1 is 1.18 bits per heavy atom. The molecule has 2 rings (SSSR count). The van der Waals surface area contributed by atoms with Crippen molar-refractivity contribution in [2.24, 2.45) is 0 Å². The maximum Gasteiger partial charge on any atom is 0.263 e. The van der Waals surface area contributed by atoms with E-state index in [9.17, 15) is 17.6 Å². The lowest BCUT2D eigenvalue weighted by Crippen LogP contribution is -2.21. The highest BCUT2D eigenvalue weighted by atomic mass is 35.5. The molecule has 0 aliphatic carbocycles. The molecule has 0 unspecified atom stereocenters. The number of carbonyl (C=O) groups is 1. The number of halogens is 2. The van der Waals surface area contributed by atoms with Crippen LogP contribution in [0.25, 0.3) is 0 Å². The number of anilines is 1. The molecule has 22 heavy (non-hydrogen) atoms. The molecule has 1 amide bonds. The summed E-state index contributed by atoms with van der Waals surface area (Å²) in [6, 6.07) is 9.06. The zero-order valence-corrected chi connectivity index (χ0v) is 13.0. The Labute approximate surface area is 132 Å². The fourth-order valence-corrected chi connectivity index (χ4v) is 3.41. The van der Waals surface area contributed by atoms with Gasteiger partial charge in [-0.2, -0.15) is 0 Å². The first kappa shape index (κ1) is 16.3. The zero-order valence-electron chi connectivity index (χ0n) is 11.4. The summed E-state index contributed by atoms with van der Waals surface area (Å²) in [5, 5.41) is 2.17. The van der Waals surface area contributed by atoms with E-state index in [2.05, 4.69) is 10.0 Å². The molecule has 5 nitrogen and oxygen atoms in total. The lowest BCUT2D eigenvalue weighted by atomic mass is 10.2. The van der Waals surface area contributed by atoms with Crippen molar-refractivity contribution in [1.82, 2.24) is 5.32 Å². The molecule has 0 spiro atoms.